The predicted molar refractivity (Wildman–Crippen MR) is 193 cm³/mol. The average molecular weight is 703 g/mol. The number of carbonyl (C=O) groups excluding carboxylic acids is 2. The van der Waals surface area contributed by atoms with E-state index >= 15 is 0 Å². The van der Waals surface area contributed by atoms with Crippen LogP contribution < -0.4 is 9.47 Å². The number of thiophene rings is 4. The van der Waals surface area contributed by atoms with Crippen LogP contribution in [-0.2, 0) is 11.2 Å². The first-order valence-corrected chi connectivity index (χ1v) is 19.7. The summed E-state index contributed by atoms with van der Waals surface area (Å²) in [5.41, 5.74) is 2.49. The van der Waals surface area contributed by atoms with E-state index < -0.39 is 17.2 Å². The van der Waals surface area contributed by atoms with Crippen LogP contribution >= 0.6 is 45.3 Å². The zero-order chi connectivity index (χ0) is 32.4. The van der Waals surface area contributed by atoms with Gasteiger partial charge in [0.05, 0.1) is 47.6 Å². The van der Waals surface area contributed by atoms with Gasteiger partial charge >= 0.3 is 0 Å². The SMILES string of the molecule is [C-]#[N+]c1cc2c(cc1[N+]#[C-])C(=O)C(=Cc1cc3c(s1)-c1sc4c5c(sc4c1OC31CCCCC1)-c1sccc1C1(CCCCC1)O5)C2=O. The second kappa shape index (κ2) is 10.2. The highest BCUT2D eigenvalue weighted by Crippen LogP contribution is 2.66. The van der Waals surface area contributed by atoms with Crippen molar-refractivity contribution >= 4 is 83.8 Å². The van der Waals surface area contributed by atoms with Crippen LogP contribution in [0, 0.1) is 13.1 Å². The molecule has 4 aromatic heterocycles. The minimum absolute atomic E-state index is 0.0830. The standard InChI is InChI=1S/C38H26N2O4S4/c1-39-25-17-20-21(18-26(25)40-2)28(42)22(27(20)41)15-19-16-24-32(46-19)34-30(44-38(24)12-7-4-8-13-38)36-35(48-34)29-33(47-36)31-23(9-14-45-31)37(43-29)10-5-3-6-11-37/h9,14-18H,3-8,10-13H2. The molecule has 236 valence electrons. The van der Waals surface area contributed by atoms with Crippen molar-refractivity contribution in [1.29, 1.82) is 0 Å². The molecule has 3 aliphatic carbocycles. The molecule has 6 heterocycles. The van der Waals surface area contributed by atoms with Crippen molar-refractivity contribution in [1.82, 2.24) is 0 Å². The fourth-order valence-corrected chi connectivity index (χ4v) is 13.6. The average Bonchev–Trinajstić information content (AvgIpc) is 3.93. The number of fused-ring (bicyclic) bond motifs is 12. The fourth-order valence-electron chi connectivity index (χ4n) is 8.50. The number of hydrogen-bond donors (Lipinski definition) is 0. The van der Waals surface area contributed by atoms with Gasteiger partial charge in [0.25, 0.3) is 0 Å². The molecule has 6 nitrogen and oxygen atoms in total. The summed E-state index contributed by atoms with van der Waals surface area (Å²) in [5.74, 6) is 1.20. The Bertz CT molecular complexity index is 2340. The molecule has 0 saturated heterocycles. The minimum Gasteiger partial charge on any atom is -0.479 e. The second-order valence-corrected chi connectivity index (χ2v) is 17.4. The first-order valence-electron chi connectivity index (χ1n) is 16.4. The molecule has 0 N–H and O–H groups in total. The van der Waals surface area contributed by atoms with Gasteiger partial charge in [0, 0.05) is 27.1 Å². The predicted octanol–water partition coefficient (Wildman–Crippen LogP) is 12.1. The Morgan fingerprint density at radius 3 is 1.77 bits per heavy atom. The third kappa shape index (κ3) is 3.80. The molecular formula is C38H26N2O4S4. The van der Waals surface area contributed by atoms with Crippen LogP contribution in [0.1, 0.15) is 101 Å². The smallest absolute Gasteiger partial charge is 0.196 e. The van der Waals surface area contributed by atoms with Crippen molar-refractivity contribution in [2.75, 3.05) is 0 Å². The van der Waals surface area contributed by atoms with E-state index in [2.05, 4.69) is 27.2 Å². The number of Topliss-reactive ketones (excluding diaryl/α,β-unsaturated/α-hetero) is 2. The number of allylic oxidation sites excluding steroid dienone is 1. The van der Waals surface area contributed by atoms with Crippen LogP contribution in [0.4, 0.5) is 11.4 Å². The molecule has 2 aliphatic heterocycles. The summed E-state index contributed by atoms with van der Waals surface area (Å²) in [4.78, 5) is 39.6. The van der Waals surface area contributed by atoms with Crippen LogP contribution in [-0.4, -0.2) is 11.6 Å². The summed E-state index contributed by atoms with van der Waals surface area (Å²) in [6.45, 7) is 14.9. The third-order valence-electron chi connectivity index (χ3n) is 10.8. The summed E-state index contributed by atoms with van der Waals surface area (Å²) in [5, 5.41) is 2.22. The number of rotatable bonds is 1. The van der Waals surface area contributed by atoms with Crippen LogP contribution in [0.25, 0.3) is 44.7 Å². The maximum atomic E-state index is 13.5. The highest BCUT2D eigenvalue weighted by atomic mass is 32.1. The zero-order valence-electron chi connectivity index (χ0n) is 25.7. The number of benzene rings is 1. The van der Waals surface area contributed by atoms with Gasteiger partial charge in [-0.2, -0.15) is 0 Å². The Balaban J connectivity index is 1.12. The highest BCUT2D eigenvalue weighted by molar-refractivity contribution is 7.34. The monoisotopic (exact) mass is 702 g/mol. The van der Waals surface area contributed by atoms with Gasteiger partial charge in [-0.25, -0.2) is 0 Å². The number of carbonyl (C=O) groups is 2. The Morgan fingerprint density at radius 2 is 1.21 bits per heavy atom. The number of nitrogens with zero attached hydrogens (tertiary/aromatic N) is 2. The van der Waals surface area contributed by atoms with Gasteiger partial charge in [0.15, 0.2) is 34.4 Å². The molecule has 0 bridgehead atoms. The molecular weight excluding hydrogens is 677 g/mol. The molecule has 2 fully saturated rings. The lowest BCUT2D eigenvalue weighted by Crippen LogP contribution is -2.37. The number of ketones is 2. The van der Waals surface area contributed by atoms with Crippen LogP contribution in [0.15, 0.2) is 35.2 Å². The van der Waals surface area contributed by atoms with Crippen molar-refractivity contribution in [3.8, 4) is 31.0 Å². The van der Waals surface area contributed by atoms with Crippen LogP contribution in [0.3, 0.4) is 0 Å². The fraction of sp³-hybridized carbons (Fsp3) is 0.316. The summed E-state index contributed by atoms with van der Waals surface area (Å²) < 4.78 is 16.7. The lowest BCUT2D eigenvalue weighted by atomic mass is 9.78. The molecule has 48 heavy (non-hydrogen) atoms. The Morgan fingerprint density at radius 1 is 0.667 bits per heavy atom. The largest absolute Gasteiger partial charge is 0.479 e. The summed E-state index contributed by atoms with van der Waals surface area (Å²) in [6.07, 6.45) is 12.6. The van der Waals surface area contributed by atoms with Crippen molar-refractivity contribution in [3.63, 3.8) is 0 Å². The maximum absolute atomic E-state index is 13.5. The van der Waals surface area contributed by atoms with Crippen LogP contribution in [0.5, 0.6) is 11.5 Å². The lowest BCUT2D eigenvalue weighted by molar-refractivity contribution is 0.0258. The van der Waals surface area contributed by atoms with E-state index in [1.54, 1.807) is 40.1 Å². The normalized spacial score (nSPS) is 19.5. The van der Waals surface area contributed by atoms with E-state index in [9.17, 15) is 9.59 Å². The first-order chi connectivity index (χ1) is 23.4. The van der Waals surface area contributed by atoms with Gasteiger partial charge in [0.2, 0.25) is 0 Å². The Labute approximate surface area is 292 Å². The molecule has 0 radical (unpaired) electrons. The molecule has 0 atom stereocenters. The van der Waals surface area contributed by atoms with Gasteiger partial charge in [-0.05, 0) is 75.0 Å². The van der Waals surface area contributed by atoms with Crippen molar-refractivity contribution in [3.05, 3.63) is 85.2 Å². The first kappa shape index (κ1) is 28.9. The molecule has 10 rings (SSSR count). The zero-order valence-corrected chi connectivity index (χ0v) is 29.0. The van der Waals surface area contributed by atoms with Crippen molar-refractivity contribution in [2.45, 2.75) is 75.4 Å². The summed E-state index contributed by atoms with van der Waals surface area (Å²) in [6, 6.07) is 7.20. The van der Waals surface area contributed by atoms with Gasteiger partial charge in [-0.3, -0.25) is 19.3 Å². The Hall–Kier alpha value is -4.06. The van der Waals surface area contributed by atoms with E-state index in [1.165, 1.54) is 62.5 Å². The molecule has 5 aliphatic rings. The molecule has 2 spiro atoms. The second-order valence-electron chi connectivity index (χ2n) is 13.4. The van der Waals surface area contributed by atoms with E-state index in [4.69, 9.17) is 22.6 Å². The van der Waals surface area contributed by atoms with E-state index in [0.717, 1.165) is 70.2 Å². The third-order valence-corrected chi connectivity index (χ3v) is 15.6. The minimum atomic E-state index is -0.451. The van der Waals surface area contributed by atoms with Gasteiger partial charge in [-0.15, -0.1) is 45.3 Å². The molecule has 2 saturated carbocycles. The van der Waals surface area contributed by atoms with Crippen molar-refractivity contribution in [2.24, 2.45) is 0 Å². The van der Waals surface area contributed by atoms with Gasteiger partial charge in [0.1, 0.15) is 11.2 Å². The van der Waals surface area contributed by atoms with Crippen LogP contribution in [0.2, 0.25) is 0 Å². The topological polar surface area (TPSA) is 61.3 Å². The van der Waals surface area contributed by atoms with E-state index in [0.29, 0.717) is 0 Å². The van der Waals surface area contributed by atoms with E-state index in [1.807, 2.05) is 11.3 Å². The highest BCUT2D eigenvalue weighted by Gasteiger charge is 2.48. The van der Waals surface area contributed by atoms with Gasteiger partial charge in [-0.1, -0.05) is 25.0 Å². The van der Waals surface area contributed by atoms with E-state index in [-0.39, 0.29) is 33.7 Å². The molecule has 0 unspecified atom stereocenters. The Kier molecular flexibility index (Phi) is 6.16. The molecule has 5 aromatic rings. The molecule has 0 amide bonds. The summed E-state index contributed by atoms with van der Waals surface area (Å²) >= 11 is 7.00. The van der Waals surface area contributed by atoms with Gasteiger partial charge < -0.3 is 9.47 Å². The number of ether oxygens (including phenoxy) is 2. The number of hydrogen-bond acceptors (Lipinski definition) is 8. The quantitative estimate of drug-likeness (QED) is 0.0991. The maximum Gasteiger partial charge on any atom is 0.196 e. The summed E-state index contributed by atoms with van der Waals surface area (Å²) in [7, 11) is 0. The molecule has 1 aromatic carbocycles. The lowest BCUT2D eigenvalue weighted by Gasteiger charge is -2.41. The van der Waals surface area contributed by atoms with Crippen molar-refractivity contribution < 1.29 is 19.1 Å². The molecule has 10 heteroatoms.